The minimum absolute atomic E-state index is 0.535. The molecule has 1 aliphatic heterocycles. The molecule has 0 atom stereocenters. The van der Waals surface area contributed by atoms with Crippen molar-refractivity contribution in [2.75, 3.05) is 13.1 Å². The van der Waals surface area contributed by atoms with Gasteiger partial charge in [0.05, 0.1) is 17.1 Å². The third-order valence-electron chi connectivity index (χ3n) is 6.41. The topological polar surface area (TPSA) is 34.0 Å². The highest BCUT2D eigenvalue weighted by molar-refractivity contribution is 7.05. The SMILES string of the molecule is Cc1c(-c2nsc(CN3CCCC3)n2)c2cccc(Cl)c2n1C1CCCCC1. The van der Waals surface area contributed by atoms with Crippen LogP contribution in [-0.4, -0.2) is 31.9 Å². The minimum Gasteiger partial charge on any atom is -0.340 e. The summed E-state index contributed by atoms with van der Waals surface area (Å²) < 4.78 is 7.27. The van der Waals surface area contributed by atoms with Crippen molar-refractivity contribution in [1.82, 2.24) is 18.8 Å². The first-order valence-electron chi connectivity index (χ1n) is 10.6. The van der Waals surface area contributed by atoms with Gasteiger partial charge in [-0.3, -0.25) is 4.90 Å². The number of para-hydroxylation sites is 1. The summed E-state index contributed by atoms with van der Waals surface area (Å²) in [6, 6.07) is 6.78. The molecule has 148 valence electrons. The molecule has 3 aromatic rings. The van der Waals surface area contributed by atoms with Crippen LogP contribution in [0.5, 0.6) is 0 Å². The van der Waals surface area contributed by atoms with Crippen molar-refractivity contribution in [3.8, 4) is 11.4 Å². The Kier molecular flexibility index (Phi) is 5.16. The maximum Gasteiger partial charge on any atom is 0.175 e. The van der Waals surface area contributed by atoms with E-state index in [1.165, 1.54) is 80.2 Å². The molecule has 5 rings (SSSR count). The van der Waals surface area contributed by atoms with E-state index in [1.54, 1.807) is 11.5 Å². The van der Waals surface area contributed by atoms with E-state index in [4.69, 9.17) is 21.0 Å². The molecule has 1 saturated heterocycles. The third-order valence-corrected chi connectivity index (χ3v) is 7.41. The molecule has 0 unspecified atom stereocenters. The van der Waals surface area contributed by atoms with Crippen molar-refractivity contribution >= 4 is 34.0 Å². The fraction of sp³-hybridized carbons (Fsp3) is 0.545. The molecule has 3 heterocycles. The van der Waals surface area contributed by atoms with Crippen LogP contribution in [0.25, 0.3) is 22.3 Å². The van der Waals surface area contributed by atoms with Gasteiger partial charge in [0.1, 0.15) is 5.01 Å². The van der Waals surface area contributed by atoms with E-state index in [9.17, 15) is 0 Å². The molecule has 1 aromatic carbocycles. The van der Waals surface area contributed by atoms with Crippen molar-refractivity contribution in [2.24, 2.45) is 0 Å². The number of hydrogen-bond donors (Lipinski definition) is 0. The van der Waals surface area contributed by atoms with E-state index in [0.717, 1.165) is 22.4 Å². The summed E-state index contributed by atoms with van der Waals surface area (Å²) in [5.41, 5.74) is 3.60. The predicted octanol–water partition coefficient (Wildman–Crippen LogP) is 6.22. The summed E-state index contributed by atoms with van der Waals surface area (Å²) in [4.78, 5) is 7.44. The van der Waals surface area contributed by atoms with Crippen molar-refractivity contribution < 1.29 is 0 Å². The van der Waals surface area contributed by atoms with Gasteiger partial charge < -0.3 is 4.57 Å². The molecule has 28 heavy (non-hydrogen) atoms. The van der Waals surface area contributed by atoms with E-state index in [-0.39, 0.29) is 0 Å². The Morgan fingerprint density at radius 1 is 1.11 bits per heavy atom. The lowest BCUT2D eigenvalue weighted by Crippen LogP contribution is -2.18. The quantitative estimate of drug-likeness (QED) is 0.508. The lowest BCUT2D eigenvalue weighted by atomic mass is 9.95. The van der Waals surface area contributed by atoms with Crippen LogP contribution in [0.3, 0.4) is 0 Å². The average Bonchev–Trinajstić information content (AvgIpc) is 3.43. The number of hydrogen-bond acceptors (Lipinski definition) is 4. The van der Waals surface area contributed by atoms with Gasteiger partial charge >= 0.3 is 0 Å². The van der Waals surface area contributed by atoms with Crippen molar-refractivity contribution in [1.29, 1.82) is 0 Å². The van der Waals surface area contributed by atoms with Gasteiger partial charge in [0, 0.05) is 22.7 Å². The molecule has 2 fully saturated rings. The first-order valence-corrected chi connectivity index (χ1v) is 11.7. The minimum atomic E-state index is 0.535. The molecule has 0 N–H and O–H groups in total. The van der Waals surface area contributed by atoms with Gasteiger partial charge in [-0.25, -0.2) is 4.98 Å². The molecular formula is C22H27ClN4S. The number of fused-ring (bicyclic) bond motifs is 1. The van der Waals surface area contributed by atoms with Crippen LogP contribution < -0.4 is 0 Å². The molecule has 2 aromatic heterocycles. The second-order valence-electron chi connectivity index (χ2n) is 8.25. The molecule has 1 aliphatic carbocycles. The third kappa shape index (κ3) is 3.27. The number of likely N-dealkylation sites (tertiary alicyclic amines) is 1. The Morgan fingerprint density at radius 3 is 2.68 bits per heavy atom. The Morgan fingerprint density at radius 2 is 1.89 bits per heavy atom. The summed E-state index contributed by atoms with van der Waals surface area (Å²) in [6.07, 6.45) is 9.04. The van der Waals surface area contributed by atoms with Crippen LogP contribution in [0.15, 0.2) is 18.2 Å². The van der Waals surface area contributed by atoms with Crippen LogP contribution in [0.1, 0.15) is 61.7 Å². The zero-order chi connectivity index (χ0) is 19.1. The first-order chi connectivity index (χ1) is 13.7. The summed E-state index contributed by atoms with van der Waals surface area (Å²) in [6.45, 7) is 5.52. The van der Waals surface area contributed by atoms with Gasteiger partial charge in [-0.2, -0.15) is 4.37 Å². The van der Waals surface area contributed by atoms with Gasteiger partial charge in [-0.05, 0) is 63.3 Å². The smallest absolute Gasteiger partial charge is 0.175 e. The van der Waals surface area contributed by atoms with E-state index in [2.05, 4.69) is 28.5 Å². The number of nitrogens with zero attached hydrogens (tertiary/aromatic N) is 4. The summed E-state index contributed by atoms with van der Waals surface area (Å²) in [7, 11) is 0. The van der Waals surface area contributed by atoms with Gasteiger partial charge in [0.15, 0.2) is 5.82 Å². The number of halogens is 1. The maximum absolute atomic E-state index is 6.71. The normalized spacial score (nSPS) is 19.1. The standard InChI is InChI=1S/C22H27ClN4S/c1-15-20(22-24-19(28-25-22)14-26-12-5-6-13-26)17-10-7-11-18(23)21(17)27(15)16-8-3-2-4-9-16/h7,10-11,16H,2-6,8-9,12-14H2,1H3. The largest absolute Gasteiger partial charge is 0.340 e. The summed E-state index contributed by atoms with van der Waals surface area (Å²) in [5, 5.41) is 3.16. The average molecular weight is 415 g/mol. The predicted molar refractivity (Wildman–Crippen MR) is 117 cm³/mol. The summed E-state index contributed by atoms with van der Waals surface area (Å²) >= 11 is 8.26. The number of aromatic nitrogens is 3. The van der Waals surface area contributed by atoms with E-state index >= 15 is 0 Å². The van der Waals surface area contributed by atoms with Crippen LogP contribution in [0.2, 0.25) is 5.02 Å². The molecule has 0 bridgehead atoms. The fourth-order valence-electron chi connectivity index (χ4n) is 5.08. The lowest BCUT2D eigenvalue weighted by Gasteiger charge is -2.26. The van der Waals surface area contributed by atoms with Crippen LogP contribution >= 0.6 is 23.1 Å². The van der Waals surface area contributed by atoms with Gasteiger partial charge in [-0.1, -0.05) is 43.0 Å². The van der Waals surface area contributed by atoms with Gasteiger partial charge in [-0.15, -0.1) is 0 Å². The van der Waals surface area contributed by atoms with Crippen LogP contribution in [0.4, 0.5) is 0 Å². The van der Waals surface area contributed by atoms with E-state index in [1.807, 2.05) is 6.07 Å². The highest BCUT2D eigenvalue weighted by Gasteiger charge is 2.26. The molecule has 0 radical (unpaired) electrons. The Balaban J connectivity index is 1.58. The van der Waals surface area contributed by atoms with Crippen LogP contribution in [0, 0.1) is 6.92 Å². The molecule has 0 amide bonds. The molecule has 4 nitrogen and oxygen atoms in total. The second-order valence-corrected chi connectivity index (χ2v) is 9.50. The van der Waals surface area contributed by atoms with Gasteiger partial charge in [0.2, 0.25) is 0 Å². The Bertz CT molecular complexity index is 980. The highest BCUT2D eigenvalue weighted by atomic mass is 35.5. The Hall–Kier alpha value is -1.43. The van der Waals surface area contributed by atoms with Crippen molar-refractivity contribution in [3.05, 3.63) is 33.9 Å². The van der Waals surface area contributed by atoms with Crippen LogP contribution in [-0.2, 0) is 6.54 Å². The molecule has 0 spiro atoms. The molecular weight excluding hydrogens is 388 g/mol. The summed E-state index contributed by atoms with van der Waals surface area (Å²) in [5.74, 6) is 0.874. The molecule has 6 heteroatoms. The maximum atomic E-state index is 6.71. The zero-order valence-corrected chi connectivity index (χ0v) is 18.0. The first kappa shape index (κ1) is 18.6. The van der Waals surface area contributed by atoms with E-state index in [0.29, 0.717) is 6.04 Å². The zero-order valence-electron chi connectivity index (χ0n) is 16.5. The second kappa shape index (κ2) is 7.77. The Labute approximate surface area is 175 Å². The van der Waals surface area contributed by atoms with Crippen molar-refractivity contribution in [3.63, 3.8) is 0 Å². The van der Waals surface area contributed by atoms with Gasteiger partial charge in [0.25, 0.3) is 0 Å². The number of benzene rings is 1. The monoisotopic (exact) mass is 414 g/mol. The fourth-order valence-corrected chi connectivity index (χ4v) is 6.03. The molecule has 1 saturated carbocycles. The highest BCUT2D eigenvalue weighted by Crippen LogP contribution is 2.42. The van der Waals surface area contributed by atoms with Crippen molar-refractivity contribution in [2.45, 2.75) is 64.5 Å². The lowest BCUT2D eigenvalue weighted by molar-refractivity contribution is 0.331. The number of rotatable bonds is 4. The van der Waals surface area contributed by atoms with E-state index < -0.39 is 0 Å². The molecule has 2 aliphatic rings.